The first-order valence-electron chi connectivity index (χ1n) is 5.25. The molecule has 0 amide bonds. The zero-order chi connectivity index (χ0) is 13.3. The highest BCUT2D eigenvalue weighted by Crippen LogP contribution is 2.35. The molecule has 18 heavy (non-hydrogen) atoms. The molecule has 0 atom stereocenters. The van der Waals surface area contributed by atoms with Crippen molar-refractivity contribution in [2.45, 2.75) is 6.92 Å². The smallest absolute Gasteiger partial charge is 0.159 e. The van der Waals surface area contributed by atoms with Crippen LogP contribution in [0.15, 0.2) is 49.8 Å². The van der Waals surface area contributed by atoms with Crippen LogP contribution in [0.3, 0.4) is 0 Å². The van der Waals surface area contributed by atoms with Crippen molar-refractivity contribution in [3.63, 3.8) is 0 Å². The van der Waals surface area contributed by atoms with Gasteiger partial charge in [0.15, 0.2) is 5.78 Å². The molecule has 0 saturated carbocycles. The van der Waals surface area contributed by atoms with E-state index in [1.807, 2.05) is 36.4 Å². The van der Waals surface area contributed by atoms with Crippen molar-refractivity contribution in [1.82, 2.24) is 0 Å². The van der Waals surface area contributed by atoms with Crippen LogP contribution >= 0.6 is 47.8 Å². The predicted octanol–water partition coefficient (Wildman–Crippen LogP) is 5.84. The van der Waals surface area contributed by atoms with Gasteiger partial charge < -0.3 is 0 Å². The van der Waals surface area contributed by atoms with Gasteiger partial charge in [-0.05, 0) is 36.2 Å². The molecule has 4 heteroatoms. The topological polar surface area (TPSA) is 17.1 Å². The molecule has 0 spiro atoms. The Morgan fingerprint density at radius 3 is 1.94 bits per heavy atom. The van der Waals surface area contributed by atoms with Crippen LogP contribution in [0.2, 0.25) is 0 Å². The van der Waals surface area contributed by atoms with Crippen molar-refractivity contribution < 1.29 is 4.79 Å². The second kappa shape index (κ2) is 5.68. The van der Waals surface area contributed by atoms with Crippen LogP contribution in [0.1, 0.15) is 17.3 Å². The largest absolute Gasteiger partial charge is 0.295 e. The number of rotatable bonds is 2. The molecule has 0 aliphatic carbocycles. The number of benzene rings is 2. The van der Waals surface area contributed by atoms with Gasteiger partial charge in [0.25, 0.3) is 0 Å². The molecule has 0 fully saturated rings. The minimum Gasteiger partial charge on any atom is -0.295 e. The third-order valence-electron chi connectivity index (χ3n) is 2.60. The SMILES string of the molecule is CC(=O)c1ccc(-c2ccc(Br)cc2Br)c(Br)c1. The summed E-state index contributed by atoms with van der Waals surface area (Å²) < 4.78 is 2.95. The molecule has 2 rings (SSSR count). The number of halogens is 3. The molecule has 0 heterocycles. The Bertz CT molecular complexity index is 620. The van der Waals surface area contributed by atoms with Gasteiger partial charge in [0.1, 0.15) is 0 Å². The third-order valence-corrected chi connectivity index (χ3v) is 4.40. The summed E-state index contributed by atoms with van der Waals surface area (Å²) in [6, 6.07) is 11.7. The lowest BCUT2D eigenvalue weighted by Gasteiger charge is -2.09. The van der Waals surface area contributed by atoms with Crippen LogP contribution in [0.5, 0.6) is 0 Å². The molecule has 1 nitrogen and oxygen atoms in total. The zero-order valence-corrected chi connectivity index (χ0v) is 14.3. The Hall–Kier alpha value is -0.450. The van der Waals surface area contributed by atoms with E-state index < -0.39 is 0 Å². The normalized spacial score (nSPS) is 10.4. The fourth-order valence-electron chi connectivity index (χ4n) is 1.66. The zero-order valence-electron chi connectivity index (χ0n) is 9.51. The molecule has 0 aliphatic rings. The number of carbonyl (C=O) groups is 1. The quantitative estimate of drug-likeness (QED) is 0.544. The molecule has 2 aromatic rings. The third kappa shape index (κ3) is 2.92. The minimum atomic E-state index is 0.0668. The van der Waals surface area contributed by atoms with E-state index in [1.165, 1.54) is 0 Å². The highest BCUT2D eigenvalue weighted by molar-refractivity contribution is 9.11. The molecule has 0 unspecified atom stereocenters. The fourth-order valence-corrected chi connectivity index (χ4v) is 3.51. The average molecular weight is 433 g/mol. The van der Waals surface area contributed by atoms with Crippen LogP contribution in [0.4, 0.5) is 0 Å². The summed E-state index contributed by atoms with van der Waals surface area (Å²) in [5.74, 6) is 0.0668. The van der Waals surface area contributed by atoms with E-state index in [-0.39, 0.29) is 5.78 Å². The van der Waals surface area contributed by atoms with Crippen molar-refractivity contribution in [3.8, 4) is 11.1 Å². The van der Waals surface area contributed by atoms with Gasteiger partial charge >= 0.3 is 0 Å². The maximum atomic E-state index is 11.3. The molecule has 0 saturated heterocycles. The number of carbonyl (C=O) groups excluding carboxylic acids is 1. The minimum absolute atomic E-state index is 0.0668. The molecule has 0 bridgehead atoms. The summed E-state index contributed by atoms with van der Waals surface area (Å²) in [7, 11) is 0. The Morgan fingerprint density at radius 1 is 0.889 bits per heavy atom. The van der Waals surface area contributed by atoms with Crippen LogP contribution in [-0.4, -0.2) is 5.78 Å². The summed E-state index contributed by atoms with van der Waals surface area (Å²) in [5.41, 5.74) is 2.85. The summed E-state index contributed by atoms with van der Waals surface area (Å²) >= 11 is 10.5. The van der Waals surface area contributed by atoms with Crippen molar-refractivity contribution in [1.29, 1.82) is 0 Å². The molecule has 0 N–H and O–H groups in total. The molecule has 2 aromatic carbocycles. The lowest BCUT2D eigenvalue weighted by molar-refractivity contribution is 0.101. The van der Waals surface area contributed by atoms with E-state index in [2.05, 4.69) is 47.8 Å². The van der Waals surface area contributed by atoms with Crippen molar-refractivity contribution in [2.75, 3.05) is 0 Å². The van der Waals surface area contributed by atoms with Gasteiger partial charge in [0.05, 0.1) is 0 Å². The van der Waals surface area contributed by atoms with Gasteiger partial charge in [0, 0.05) is 19.0 Å². The van der Waals surface area contributed by atoms with Gasteiger partial charge in [-0.1, -0.05) is 66.0 Å². The number of hydrogen-bond acceptors (Lipinski definition) is 1. The fraction of sp³-hybridized carbons (Fsp3) is 0.0714. The maximum absolute atomic E-state index is 11.3. The first-order valence-corrected chi connectivity index (χ1v) is 7.63. The van der Waals surface area contributed by atoms with Gasteiger partial charge in [0.2, 0.25) is 0 Å². The number of ketones is 1. The van der Waals surface area contributed by atoms with Gasteiger partial charge in [-0.25, -0.2) is 0 Å². The van der Waals surface area contributed by atoms with Crippen LogP contribution in [-0.2, 0) is 0 Å². The lowest BCUT2D eigenvalue weighted by Crippen LogP contribution is -1.92. The van der Waals surface area contributed by atoms with Crippen LogP contribution in [0.25, 0.3) is 11.1 Å². The Morgan fingerprint density at radius 2 is 1.44 bits per heavy atom. The Labute approximate surface area is 131 Å². The van der Waals surface area contributed by atoms with E-state index in [1.54, 1.807) is 6.92 Å². The van der Waals surface area contributed by atoms with E-state index in [4.69, 9.17) is 0 Å². The van der Waals surface area contributed by atoms with Crippen LogP contribution in [0, 0.1) is 0 Å². The molecule has 0 aromatic heterocycles. The summed E-state index contributed by atoms with van der Waals surface area (Å²) in [4.78, 5) is 11.3. The first kappa shape index (κ1) is 14.0. The number of Topliss-reactive ketones (excluding diaryl/α,β-unsaturated/α-hetero) is 1. The highest BCUT2D eigenvalue weighted by Gasteiger charge is 2.09. The van der Waals surface area contributed by atoms with Crippen molar-refractivity contribution in [2.24, 2.45) is 0 Å². The van der Waals surface area contributed by atoms with Gasteiger partial charge in [-0.3, -0.25) is 4.79 Å². The van der Waals surface area contributed by atoms with Crippen molar-refractivity contribution >= 4 is 53.6 Å². The molecule has 92 valence electrons. The van der Waals surface area contributed by atoms with E-state index >= 15 is 0 Å². The summed E-state index contributed by atoms with van der Waals surface area (Å²) in [6.45, 7) is 1.57. The first-order chi connectivity index (χ1) is 8.49. The van der Waals surface area contributed by atoms with Gasteiger partial charge in [-0.2, -0.15) is 0 Å². The number of hydrogen-bond donors (Lipinski definition) is 0. The highest BCUT2D eigenvalue weighted by atomic mass is 79.9. The molecular weight excluding hydrogens is 424 g/mol. The second-order valence-corrected chi connectivity index (χ2v) is 6.50. The predicted molar refractivity (Wildman–Crippen MR) is 85.0 cm³/mol. The average Bonchev–Trinajstić information content (AvgIpc) is 2.30. The Kier molecular flexibility index (Phi) is 4.41. The van der Waals surface area contributed by atoms with E-state index in [0.717, 1.165) is 24.5 Å². The van der Waals surface area contributed by atoms with Crippen molar-refractivity contribution in [3.05, 3.63) is 55.4 Å². The van der Waals surface area contributed by atoms with E-state index in [0.29, 0.717) is 5.56 Å². The standard InChI is InChI=1S/C14H9Br3O/c1-8(18)9-2-4-11(13(16)6-9)12-5-3-10(15)7-14(12)17/h2-7H,1H3. The monoisotopic (exact) mass is 430 g/mol. The maximum Gasteiger partial charge on any atom is 0.159 e. The van der Waals surface area contributed by atoms with E-state index in [9.17, 15) is 4.79 Å². The summed E-state index contributed by atoms with van der Waals surface area (Å²) in [5, 5.41) is 0. The molecule has 0 radical (unpaired) electrons. The molecule has 0 aliphatic heterocycles. The van der Waals surface area contributed by atoms with Gasteiger partial charge in [-0.15, -0.1) is 0 Å². The second-order valence-electron chi connectivity index (χ2n) is 3.87. The molecular formula is C14H9Br3O. The lowest BCUT2D eigenvalue weighted by atomic mass is 10.0. The van der Waals surface area contributed by atoms with Crippen LogP contribution < -0.4 is 0 Å². The Balaban J connectivity index is 2.54. The summed E-state index contributed by atoms with van der Waals surface area (Å²) in [6.07, 6.45) is 0.